The van der Waals surface area contributed by atoms with Gasteiger partial charge < -0.3 is 16.0 Å². The number of amides is 3. The molecular weight excluding hydrogens is 324 g/mol. The summed E-state index contributed by atoms with van der Waals surface area (Å²) in [6.45, 7) is 3.92. The van der Waals surface area contributed by atoms with Crippen LogP contribution in [0.15, 0.2) is 24.5 Å². The first-order valence-corrected chi connectivity index (χ1v) is 8.19. The molecule has 2 unspecified atom stereocenters. The van der Waals surface area contributed by atoms with E-state index in [0.29, 0.717) is 13.0 Å². The fourth-order valence-electron chi connectivity index (χ4n) is 2.55. The number of carbonyl (C=O) groups excluding carboxylic acids is 4. The van der Waals surface area contributed by atoms with Crippen LogP contribution in [0, 0.1) is 5.92 Å². The maximum Gasteiger partial charge on any atom is 0.289 e. The van der Waals surface area contributed by atoms with Crippen LogP contribution in [0.5, 0.6) is 0 Å². The van der Waals surface area contributed by atoms with E-state index in [-0.39, 0.29) is 18.2 Å². The minimum absolute atomic E-state index is 0.106. The molecule has 25 heavy (non-hydrogen) atoms. The Hall–Kier alpha value is -2.77. The minimum atomic E-state index is -0.849. The molecule has 1 aliphatic heterocycles. The van der Waals surface area contributed by atoms with Crippen LogP contribution in [0.25, 0.3) is 0 Å². The predicted octanol–water partition coefficient (Wildman–Crippen LogP) is -0.661. The van der Waals surface area contributed by atoms with Crippen LogP contribution in [0.4, 0.5) is 0 Å². The standard InChI is InChI=1S/C17H22N4O4/c1-10(2)14(21-13(22)8-11-4-3-6-18-9-11)16(24)20-12-5-7-19-17(25)15(12)23/h3-4,6,9-10,12,14H,5,7-8H2,1-2H3,(H,19,25)(H,20,24)(H,21,22). The highest BCUT2D eigenvalue weighted by atomic mass is 16.2. The summed E-state index contributed by atoms with van der Waals surface area (Å²) in [5.74, 6) is -2.32. The van der Waals surface area contributed by atoms with E-state index < -0.39 is 29.7 Å². The smallest absolute Gasteiger partial charge is 0.289 e. The molecule has 8 heteroatoms. The first-order valence-electron chi connectivity index (χ1n) is 8.19. The van der Waals surface area contributed by atoms with Crippen molar-refractivity contribution in [1.29, 1.82) is 0 Å². The summed E-state index contributed by atoms with van der Waals surface area (Å²) >= 11 is 0. The lowest BCUT2D eigenvalue weighted by Crippen LogP contribution is -2.58. The number of nitrogens with zero attached hydrogens (tertiary/aromatic N) is 1. The molecule has 0 radical (unpaired) electrons. The van der Waals surface area contributed by atoms with E-state index >= 15 is 0 Å². The highest BCUT2D eigenvalue weighted by molar-refractivity contribution is 6.39. The maximum atomic E-state index is 12.5. The number of hydrogen-bond acceptors (Lipinski definition) is 5. The summed E-state index contributed by atoms with van der Waals surface area (Å²) in [6, 6.07) is 1.87. The topological polar surface area (TPSA) is 117 Å². The Morgan fingerprint density at radius 3 is 2.76 bits per heavy atom. The van der Waals surface area contributed by atoms with Crippen LogP contribution in [-0.4, -0.2) is 47.1 Å². The molecule has 0 saturated carbocycles. The average molecular weight is 346 g/mol. The lowest BCUT2D eigenvalue weighted by molar-refractivity contribution is -0.142. The van der Waals surface area contributed by atoms with Gasteiger partial charge in [0.2, 0.25) is 17.6 Å². The van der Waals surface area contributed by atoms with Crippen molar-refractivity contribution in [3.8, 4) is 0 Å². The molecule has 1 saturated heterocycles. The Bertz CT molecular complexity index is 660. The Kier molecular flexibility index (Phi) is 6.21. The fraction of sp³-hybridized carbons (Fsp3) is 0.471. The normalized spacial score (nSPS) is 18.4. The van der Waals surface area contributed by atoms with Crippen molar-refractivity contribution in [2.45, 2.75) is 38.8 Å². The molecule has 0 aromatic carbocycles. The van der Waals surface area contributed by atoms with Gasteiger partial charge in [0.25, 0.3) is 5.91 Å². The minimum Gasteiger partial charge on any atom is -0.349 e. The third kappa shape index (κ3) is 5.10. The van der Waals surface area contributed by atoms with Crippen LogP contribution >= 0.6 is 0 Å². The third-order valence-corrected chi connectivity index (χ3v) is 3.93. The highest BCUT2D eigenvalue weighted by Gasteiger charge is 2.33. The third-order valence-electron chi connectivity index (χ3n) is 3.93. The molecule has 1 fully saturated rings. The van der Waals surface area contributed by atoms with E-state index in [4.69, 9.17) is 0 Å². The summed E-state index contributed by atoms with van der Waals surface area (Å²) in [7, 11) is 0. The Labute approximate surface area is 145 Å². The van der Waals surface area contributed by atoms with E-state index in [1.54, 1.807) is 38.4 Å². The van der Waals surface area contributed by atoms with Gasteiger partial charge in [-0.15, -0.1) is 0 Å². The van der Waals surface area contributed by atoms with E-state index in [2.05, 4.69) is 20.9 Å². The van der Waals surface area contributed by atoms with Gasteiger partial charge in [-0.2, -0.15) is 0 Å². The van der Waals surface area contributed by atoms with Gasteiger partial charge >= 0.3 is 0 Å². The lowest BCUT2D eigenvalue weighted by Gasteiger charge is -2.26. The van der Waals surface area contributed by atoms with Gasteiger partial charge in [0.05, 0.1) is 12.5 Å². The van der Waals surface area contributed by atoms with Crippen molar-refractivity contribution in [2.75, 3.05) is 6.54 Å². The zero-order chi connectivity index (χ0) is 18.4. The van der Waals surface area contributed by atoms with Crippen molar-refractivity contribution < 1.29 is 19.2 Å². The number of piperidine rings is 1. The maximum absolute atomic E-state index is 12.5. The Balaban J connectivity index is 1.97. The largest absolute Gasteiger partial charge is 0.349 e. The number of pyridine rings is 1. The van der Waals surface area contributed by atoms with E-state index in [1.807, 2.05) is 0 Å². The van der Waals surface area contributed by atoms with Gasteiger partial charge in [-0.05, 0) is 24.0 Å². The molecule has 0 aliphatic carbocycles. The number of Topliss-reactive ketones (excluding diaryl/α,β-unsaturated/α-hetero) is 1. The second kappa shape index (κ2) is 8.36. The van der Waals surface area contributed by atoms with Crippen LogP contribution < -0.4 is 16.0 Å². The number of rotatable bonds is 6. The monoisotopic (exact) mass is 346 g/mol. The summed E-state index contributed by atoms with van der Waals surface area (Å²) in [5, 5.41) is 7.69. The lowest BCUT2D eigenvalue weighted by atomic mass is 10.00. The van der Waals surface area contributed by atoms with E-state index in [0.717, 1.165) is 5.56 Å². The van der Waals surface area contributed by atoms with Crippen LogP contribution in [0.2, 0.25) is 0 Å². The van der Waals surface area contributed by atoms with Gasteiger partial charge in [0.1, 0.15) is 6.04 Å². The molecule has 0 spiro atoms. The fourth-order valence-corrected chi connectivity index (χ4v) is 2.55. The van der Waals surface area contributed by atoms with Crippen molar-refractivity contribution in [3.63, 3.8) is 0 Å². The average Bonchev–Trinajstić information content (AvgIpc) is 2.57. The van der Waals surface area contributed by atoms with Crippen LogP contribution in [0.3, 0.4) is 0 Å². The predicted molar refractivity (Wildman–Crippen MR) is 89.3 cm³/mol. The first-order chi connectivity index (χ1) is 11.9. The molecule has 1 aliphatic rings. The van der Waals surface area contributed by atoms with Gasteiger partial charge in [-0.3, -0.25) is 24.2 Å². The number of aromatic nitrogens is 1. The van der Waals surface area contributed by atoms with Crippen molar-refractivity contribution in [2.24, 2.45) is 5.92 Å². The molecule has 3 N–H and O–H groups in total. The number of hydrogen-bond donors (Lipinski definition) is 3. The van der Waals surface area contributed by atoms with Gasteiger partial charge in [-0.25, -0.2) is 0 Å². The zero-order valence-corrected chi connectivity index (χ0v) is 14.2. The SMILES string of the molecule is CC(C)C(NC(=O)Cc1cccnc1)C(=O)NC1CCNC(=O)C1=O. The van der Waals surface area contributed by atoms with Gasteiger partial charge in [-0.1, -0.05) is 19.9 Å². The summed E-state index contributed by atoms with van der Waals surface area (Å²) in [4.78, 5) is 51.8. The summed E-state index contributed by atoms with van der Waals surface area (Å²) in [5.41, 5.74) is 0.738. The molecular formula is C17H22N4O4. The number of carbonyl (C=O) groups is 4. The summed E-state index contributed by atoms with van der Waals surface area (Å²) < 4.78 is 0. The molecule has 2 atom stereocenters. The summed E-state index contributed by atoms with van der Waals surface area (Å²) in [6.07, 6.45) is 3.65. The molecule has 8 nitrogen and oxygen atoms in total. The molecule has 2 heterocycles. The Morgan fingerprint density at radius 2 is 2.12 bits per heavy atom. The molecule has 1 aromatic rings. The quantitative estimate of drug-likeness (QED) is 0.591. The first kappa shape index (κ1) is 18.6. The molecule has 2 rings (SSSR count). The van der Waals surface area contributed by atoms with Gasteiger partial charge in [0.15, 0.2) is 0 Å². The van der Waals surface area contributed by atoms with E-state index in [1.165, 1.54) is 0 Å². The molecule has 0 bridgehead atoms. The van der Waals surface area contributed by atoms with Crippen molar-refractivity contribution in [3.05, 3.63) is 30.1 Å². The molecule has 1 aromatic heterocycles. The molecule has 3 amide bonds. The second-order valence-electron chi connectivity index (χ2n) is 6.30. The van der Waals surface area contributed by atoms with Crippen LogP contribution in [-0.2, 0) is 25.6 Å². The zero-order valence-electron chi connectivity index (χ0n) is 14.2. The van der Waals surface area contributed by atoms with Crippen molar-refractivity contribution >= 4 is 23.5 Å². The second-order valence-corrected chi connectivity index (χ2v) is 6.30. The number of nitrogens with one attached hydrogen (secondary N) is 3. The highest BCUT2D eigenvalue weighted by Crippen LogP contribution is 2.06. The van der Waals surface area contributed by atoms with E-state index in [9.17, 15) is 19.2 Å². The molecule has 134 valence electrons. The van der Waals surface area contributed by atoms with Gasteiger partial charge in [0, 0.05) is 18.9 Å². The van der Waals surface area contributed by atoms with Crippen LogP contribution in [0.1, 0.15) is 25.8 Å². The Morgan fingerprint density at radius 1 is 1.36 bits per heavy atom. The number of ketones is 1. The van der Waals surface area contributed by atoms with Crippen molar-refractivity contribution in [1.82, 2.24) is 20.9 Å².